The van der Waals surface area contributed by atoms with Crippen molar-refractivity contribution >= 4 is 66.9 Å². The number of amides is 2. The molecule has 0 unspecified atom stereocenters. The van der Waals surface area contributed by atoms with Gasteiger partial charge in [-0.2, -0.15) is 0 Å². The Hall–Kier alpha value is -2.05. The first-order chi connectivity index (χ1) is 21.4. The van der Waals surface area contributed by atoms with Gasteiger partial charge < -0.3 is 19.2 Å². The number of hydrogen-bond acceptors (Lipinski definition) is 8. The lowest BCUT2D eigenvalue weighted by atomic mass is 9.91. The molecule has 1 aliphatic heterocycles. The number of esters is 2. The summed E-state index contributed by atoms with van der Waals surface area (Å²) < 4.78 is 15.3. The summed E-state index contributed by atoms with van der Waals surface area (Å²) >= 11 is 17.2. The van der Waals surface area contributed by atoms with Crippen molar-refractivity contribution in [3.8, 4) is 5.75 Å². The zero-order chi connectivity index (χ0) is 36.0. The molecule has 1 heterocycles. The molecule has 266 valence electrons. The molecule has 14 heteroatoms. The van der Waals surface area contributed by atoms with E-state index in [1.165, 1.54) is 5.01 Å². The molecule has 2 N–H and O–H groups in total. The fraction of sp³-hybridized carbons (Fsp3) is 0.697. The normalized spacial score (nSPS) is 17.5. The van der Waals surface area contributed by atoms with Crippen LogP contribution < -0.4 is 15.2 Å². The second-order valence-electron chi connectivity index (χ2n) is 15.0. The minimum Gasteiger partial charge on any atom is -0.543 e. The lowest BCUT2D eigenvalue weighted by molar-refractivity contribution is -0.158. The van der Waals surface area contributed by atoms with Crippen LogP contribution in [0.3, 0.4) is 0 Å². The largest absolute Gasteiger partial charge is 0.543 e. The Morgan fingerprint density at radius 1 is 1.06 bits per heavy atom. The van der Waals surface area contributed by atoms with Crippen molar-refractivity contribution in [2.45, 2.75) is 121 Å². The molecule has 1 saturated heterocycles. The van der Waals surface area contributed by atoms with Crippen LogP contribution in [-0.2, 0) is 35.1 Å². The molecule has 0 spiro atoms. The monoisotopic (exact) mass is 735 g/mol. The number of nitrogens with one attached hydrogen (secondary N) is 2. The molecule has 0 aliphatic carbocycles. The van der Waals surface area contributed by atoms with E-state index in [1.54, 1.807) is 20.8 Å². The van der Waals surface area contributed by atoms with Gasteiger partial charge in [-0.15, -0.1) is 0 Å². The van der Waals surface area contributed by atoms with Crippen LogP contribution in [0.15, 0.2) is 24.3 Å². The van der Waals surface area contributed by atoms with Crippen molar-refractivity contribution in [3.63, 3.8) is 0 Å². The van der Waals surface area contributed by atoms with Crippen LogP contribution in [0.4, 0.5) is 0 Å². The van der Waals surface area contributed by atoms with Crippen LogP contribution in [-0.4, -0.2) is 71.7 Å². The highest BCUT2D eigenvalue weighted by atomic mass is 35.6. The average Bonchev–Trinajstić information content (AvgIpc) is 2.91. The topological polar surface area (TPSA) is 123 Å². The van der Waals surface area contributed by atoms with Gasteiger partial charge in [0.2, 0.25) is 18.0 Å². The number of alkyl halides is 3. The van der Waals surface area contributed by atoms with E-state index in [4.69, 9.17) is 48.7 Å². The molecule has 0 bridgehead atoms. The number of hydrazine groups is 1. The summed E-state index contributed by atoms with van der Waals surface area (Å²) in [5.41, 5.74) is 2.99. The number of carbonyl (C=O) groups is 4. The van der Waals surface area contributed by atoms with Gasteiger partial charge in [-0.3, -0.25) is 24.2 Å². The second kappa shape index (κ2) is 16.6. The van der Waals surface area contributed by atoms with E-state index in [2.05, 4.69) is 44.6 Å². The molecule has 10 nitrogen and oxygen atoms in total. The summed E-state index contributed by atoms with van der Waals surface area (Å²) in [4.78, 5) is 53.3. The first-order valence-corrected chi connectivity index (χ1v) is 20.0. The number of carbonyl (C=O) groups excluding carboxylic acids is 4. The van der Waals surface area contributed by atoms with Crippen LogP contribution in [0.2, 0.25) is 18.1 Å². The minimum absolute atomic E-state index is 0.0219. The Balaban J connectivity index is 2.36. The maximum absolute atomic E-state index is 14.1. The lowest BCUT2D eigenvalue weighted by Gasteiger charge is -2.36. The lowest BCUT2D eigenvalue weighted by Crippen LogP contribution is -2.61. The Morgan fingerprint density at radius 2 is 1.70 bits per heavy atom. The van der Waals surface area contributed by atoms with Gasteiger partial charge in [-0.05, 0) is 75.4 Å². The van der Waals surface area contributed by atoms with E-state index < -0.39 is 66.1 Å². The van der Waals surface area contributed by atoms with Crippen LogP contribution >= 0.6 is 34.8 Å². The standard InChI is InChI=1S/C33H52Cl3N3O7Si/c1-21(2)24(19-27(40)45-31(3,4)5)28(41)37-26(18-22-13-11-14-23(17-22)46-47(9,10)32(6,7)8)29(42)39-16-12-15-25(38-39)30(43)44-20-33(34,35)36/h11,13-14,17,21,24-26,38H,12,15-16,18-20H2,1-10H3,(H,37,41)/t24-,25-,26-/m0/s1. The summed E-state index contributed by atoms with van der Waals surface area (Å²) in [5.74, 6) is -2.34. The van der Waals surface area contributed by atoms with E-state index in [9.17, 15) is 19.2 Å². The van der Waals surface area contributed by atoms with Crippen molar-refractivity contribution in [2.24, 2.45) is 11.8 Å². The van der Waals surface area contributed by atoms with Crippen LogP contribution in [0.5, 0.6) is 5.75 Å². The summed E-state index contributed by atoms with van der Waals surface area (Å²) in [5, 5.41) is 4.22. The highest BCUT2D eigenvalue weighted by Crippen LogP contribution is 2.37. The molecule has 3 atom stereocenters. The predicted octanol–water partition coefficient (Wildman–Crippen LogP) is 6.51. The number of halogens is 3. The quantitative estimate of drug-likeness (QED) is 0.142. The van der Waals surface area contributed by atoms with Crippen molar-refractivity contribution in [1.29, 1.82) is 0 Å². The molecule has 2 amide bonds. The van der Waals surface area contributed by atoms with Gasteiger partial charge in [0.05, 0.1) is 12.3 Å². The SMILES string of the molecule is CC(C)[C@H](CC(=O)OC(C)(C)C)C(=O)N[C@@H](Cc1cccc(O[Si](C)(C)C(C)(C)C)c1)C(=O)N1CCC[C@@H](C(=O)OCC(Cl)(Cl)Cl)N1. The molecular formula is C33H52Cl3N3O7Si. The maximum Gasteiger partial charge on any atom is 0.325 e. The molecule has 0 saturated carbocycles. The van der Waals surface area contributed by atoms with Crippen LogP contribution in [0.25, 0.3) is 0 Å². The van der Waals surface area contributed by atoms with E-state index in [1.807, 2.05) is 38.1 Å². The van der Waals surface area contributed by atoms with Gasteiger partial charge in [-0.25, -0.2) is 5.43 Å². The predicted molar refractivity (Wildman–Crippen MR) is 188 cm³/mol. The molecular weight excluding hydrogens is 685 g/mol. The van der Waals surface area contributed by atoms with Crippen molar-refractivity contribution < 1.29 is 33.1 Å². The minimum atomic E-state index is -2.15. The molecule has 1 aromatic rings. The van der Waals surface area contributed by atoms with Crippen molar-refractivity contribution in [3.05, 3.63) is 29.8 Å². The first kappa shape index (κ1) is 41.1. The summed E-state index contributed by atoms with van der Waals surface area (Å²) in [6, 6.07) is 5.60. The third-order valence-electron chi connectivity index (χ3n) is 8.19. The van der Waals surface area contributed by atoms with Crippen molar-refractivity contribution in [2.75, 3.05) is 13.2 Å². The van der Waals surface area contributed by atoms with E-state index in [0.717, 1.165) is 5.56 Å². The van der Waals surface area contributed by atoms with Crippen LogP contribution in [0, 0.1) is 11.8 Å². The van der Waals surface area contributed by atoms with Crippen molar-refractivity contribution in [1.82, 2.24) is 15.8 Å². The Kier molecular flexibility index (Phi) is 14.5. The maximum atomic E-state index is 14.1. The number of ether oxygens (including phenoxy) is 2. The van der Waals surface area contributed by atoms with E-state index in [-0.39, 0.29) is 23.8 Å². The Labute approximate surface area is 296 Å². The van der Waals surface area contributed by atoms with Gasteiger partial charge in [0.15, 0.2) is 0 Å². The van der Waals surface area contributed by atoms with E-state index >= 15 is 0 Å². The summed E-state index contributed by atoms with van der Waals surface area (Å²) in [6.07, 6.45) is 0.890. The molecule has 1 fully saturated rings. The molecule has 1 aliphatic rings. The summed E-state index contributed by atoms with van der Waals surface area (Å²) in [7, 11) is -2.15. The highest BCUT2D eigenvalue weighted by molar-refractivity contribution is 6.74. The Morgan fingerprint density at radius 3 is 2.26 bits per heavy atom. The Bertz CT molecular complexity index is 1260. The average molecular weight is 737 g/mol. The van der Waals surface area contributed by atoms with Gasteiger partial charge >= 0.3 is 11.9 Å². The van der Waals surface area contributed by atoms with Gasteiger partial charge in [-0.1, -0.05) is 81.6 Å². The zero-order valence-corrected chi connectivity index (χ0v) is 32.6. The molecule has 0 aromatic heterocycles. The third kappa shape index (κ3) is 13.8. The number of benzene rings is 1. The molecule has 47 heavy (non-hydrogen) atoms. The molecule has 1 aromatic carbocycles. The zero-order valence-electron chi connectivity index (χ0n) is 29.3. The number of hydrogen-bond donors (Lipinski definition) is 2. The number of rotatable bonds is 12. The van der Waals surface area contributed by atoms with Gasteiger partial charge in [0, 0.05) is 13.0 Å². The fourth-order valence-corrected chi connectivity index (χ4v) is 5.83. The third-order valence-corrected chi connectivity index (χ3v) is 12.9. The summed E-state index contributed by atoms with van der Waals surface area (Å²) in [6.45, 7) is 19.6. The highest BCUT2D eigenvalue weighted by Gasteiger charge is 2.40. The first-order valence-electron chi connectivity index (χ1n) is 16.0. The fourth-order valence-electron chi connectivity index (χ4n) is 4.65. The van der Waals surface area contributed by atoms with E-state index in [0.29, 0.717) is 25.1 Å². The van der Waals surface area contributed by atoms with Crippen LogP contribution in [0.1, 0.15) is 80.2 Å². The molecule has 0 radical (unpaired) electrons. The van der Waals surface area contributed by atoms with Gasteiger partial charge in [0.1, 0.15) is 30.0 Å². The molecule has 2 rings (SSSR count). The van der Waals surface area contributed by atoms with Gasteiger partial charge in [0.25, 0.3) is 5.91 Å². The second-order valence-corrected chi connectivity index (χ2v) is 22.2. The number of nitrogens with zero attached hydrogens (tertiary/aromatic N) is 1. The smallest absolute Gasteiger partial charge is 0.325 e.